The Kier molecular flexibility index (Phi) is 6.28. The molecule has 0 spiro atoms. The Morgan fingerprint density at radius 2 is 2.32 bits per heavy atom. The van der Waals surface area contributed by atoms with Gasteiger partial charge in [-0.1, -0.05) is 6.07 Å². The third-order valence-corrected chi connectivity index (χ3v) is 5.04. The molecule has 1 saturated heterocycles. The minimum Gasteiger partial charge on any atom is -0.375 e. The lowest BCUT2D eigenvalue weighted by Gasteiger charge is -2.31. The van der Waals surface area contributed by atoms with Crippen LogP contribution in [0.5, 0.6) is 0 Å². The van der Waals surface area contributed by atoms with Crippen molar-refractivity contribution in [3.8, 4) is 0 Å². The lowest BCUT2D eigenvalue weighted by molar-refractivity contribution is -0.385. The van der Waals surface area contributed by atoms with E-state index in [0.717, 1.165) is 6.07 Å². The Morgan fingerprint density at radius 1 is 1.56 bits per heavy atom. The van der Waals surface area contributed by atoms with Crippen LogP contribution < -0.4 is 10.5 Å². The number of aliphatic imine (C=N–C) groups is 1. The Hall–Kier alpha value is -2.24. The highest BCUT2D eigenvalue weighted by Crippen LogP contribution is 2.16. The second-order valence-electron chi connectivity index (χ2n) is 5.52. The molecule has 0 radical (unpaired) electrons. The number of ether oxygens (including phenoxy) is 1. The number of hydrogen-bond donors (Lipinski definition) is 2. The summed E-state index contributed by atoms with van der Waals surface area (Å²) in [6.07, 6.45) is 0.0647. The van der Waals surface area contributed by atoms with Gasteiger partial charge in [0.05, 0.1) is 29.1 Å². The highest BCUT2D eigenvalue weighted by molar-refractivity contribution is 7.89. The van der Waals surface area contributed by atoms with Gasteiger partial charge in [-0.25, -0.2) is 13.1 Å². The summed E-state index contributed by atoms with van der Waals surface area (Å²) in [7, 11) is -3.85. The van der Waals surface area contributed by atoms with Crippen molar-refractivity contribution in [2.45, 2.75) is 17.9 Å². The van der Waals surface area contributed by atoms with Crippen LogP contribution in [0.25, 0.3) is 0 Å². The van der Waals surface area contributed by atoms with E-state index in [4.69, 9.17) is 10.5 Å². The van der Waals surface area contributed by atoms with Gasteiger partial charge in [-0.05, 0) is 13.0 Å². The molecule has 1 aliphatic rings. The molecule has 1 aromatic carbocycles. The molecule has 3 N–H and O–H groups in total. The maximum atomic E-state index is 12.2. The van der Waals surface area contributed by atoms with Crippen LogP contribution in [0.3, 0.4) is 0 Å². The van der Waals surface area contributed by atoms with Crippen molar-refractivity contribution in [1.29, 1.82) is 0 Å². The number of nitrogens with one attached hydrogen (secondary N) is 1. The third-order valence-electron chi connectivity index (χ3n) is 3.58. The number of rotatable bonds is 6. The number of nitrogens with two attached hydrogens (primary N) is 1. The summed E-state index contributed by atoms with van der Waals surface area (Å²) in [5.74, 6) is 0.338. The van der Waals surface area contributed by atoms with Crippen molar-refractivity contribution >= 4 is 21.7 Å². The zero-order chi connectivity index (χ0) is 18.4. The van der Waals surface area contributed by atoms with Gasteiger partial charge in [0.25, 0.3) is 5.69 Å². The average molecular weight is 371 g/mol. The monoisotopic (exact) mass is 371 g/mol. The second kappa shape index (κ2) is 8.23. The van der Waals surface area contributed by atoms with E-state index in [9.17, 15) is 18.5 Å². The summed E-state index contributed by atoms with van der Waals surface area (Å²) < 4.78 is 32.1. The van der Waals surface area contributed by atoms with E-state index in [1.165, 1.54) is 18.2 Å². The molecule has 1 fully saturated rings. The van der Waals surface area contributed by atoms with Crippen LogP contribution in [0.2, 0.25) is 0 Å². The summed E-state index contributed by atoms with van der Waals surface area (Å²) in [5.41, 5.74) is 5.61. The second-order valence-corrected chi connectivity index (χ2v) is 7.29. The molecule has 138 valence electrons. The van der Waals surface area contributed by atoms with Crippen LogP contribution in [-0.2, 0) is 14.8 Å². The number of sulfonamides is 1. The fourth-order valence-electron chi connectivity index (χ4n) is 2.32. The summed E-state index contributed by atoms with van der Waals surface area (Å²) in [6, 6.07) is 4.85. The molecule has 25 heavy (non-hydrogen) atoms. The summed E-state index contributed by atoms with van der Waals surface area (Å²) in [6.45, 7) is 3.97. The SMILES string of the molecule is CC1CN(C(N)=NCCNS(=O)(=O)c2cccc([N+](=O)[O-])c2)CCO1. The van der Waals surface area contributed by atoms with Crippen molar-refractivity contribution in [1.82, 2.24) is 9.62 Å². The molecule has 0 amide bonds. The van der Waals surface area contributed by atoms with Gasteiger partial charge in [0.1, 0.15) is 0 Å². The van der Waals surface area contributed by atoms with Crippen LogP contribution in [0.15, 0.2) is 34.2 Å². The predicted molar refractivity (Wildman–Crippen MR) is 91.8 cm³/mol. The van der Waals surface area contributed by atoms with Crippen molar-refractivity contribution in [3.05, 3.63) is 34.4 Å². The topological polar surface area (TPSA) is 140 Å². The molecular weight excluding hydrogens is 350 g/mol. The molecule has 1 aromatic rings. The van der Waals surface area contributed by atoms with E-state index in [1.807, 2.05) is 11.8 Å². The number of nitro benzene ring substituents is 1. The van der Waals surface area contributed by atoms with Crippen molar-refractivity contribution in [3.63, 3.8) is 0 Å². The first-order chi connectivity index (χ1) is 11.8. The number of non-ortho nitro benzene ring substituents is 1. The quantitative estimate of drug-likeness (QED) is 0.234. The number of nitrogens with zero attached hydrogens (tertiary/aromatic N) is 3. The summed E-state index contributed by atoms with van der Waals surface area (Å²) in [4.78, 5) is 16.0. The molecule has 2 rings (SSSR count). The Bertz CT molecular complexity index is 752. The van der Waals surface area contributed by atoms with Gasteiger partial charge in [-0.2, -0.15) is 0 Å². The van der Waals surface area contributed by atoms with Gasteiger partial charge in [0.2, 0.25) is 10.0 Å². The molecule has 0 saturated carbocycles. The molecule has 0 aromatic heterocycles. The van der Waals surface area contributed by atoms with Crippen molar-refractivity contribution in [2.75, 3.05) is 32.8 Å². The summed E-state index contributed by atoms with van der Waals surface area (Å²) >= 11 is 0. The van der Waals surface area contributed by atoms with Gasteiger partial charge in [0, 0.05) is 31.8 Å². The highest BCUT2D eigenvalue weighted by atomic mass is 32.2. The van der Waals surface area contributed by atoms with Gasteiger partial charge >= 0.3 is 0 Å². The predicted octanol–water partition coefficient (Wildman–Crippen LogP) is -0.0915. The van der Waals surface area contributed by atoms with Crippen LogP contribution >= 0.6 is 0 Å². The van der Waals surface area contributed by atoms with Crippen molar-refractivity contribution in [2.24, 2.45) is 10.7 Å². The Balaban J connectivity index is 1.91. The maximum absolute atomic E-state index is 12.2. The first kappa shape index (κ1) is 19.1. The lowest BCUT2D eigenvalue weighted by atomic mass is 10.3. The average Bonchev–Trinajstić information content (AvgIpc) is 2.58. The molecule has 0 aliphatic carbocycles. The number of nitro groups is 1. The van der Waals surface area contributed by atoms with Gasteiger partial charge in [-0.15, -0.1) is 0 Å². The van der Waals surface area contributed by atoms with Crippen molar-refractivity contribution < 1.29 is 18.1 Å². The first-order valence-electron chi connectivity index (χ1n) is 7.70. The Morgan fingerprint density at radius 3 is 3.00 bits per heavy atom. The molecule has 10 nitrogen and oxygen atoms in total. The van der Waals surface area contributed by atoms with Gasteiger partial charge < -0.3 is 15.4 Å². The minimum absolute atomic E-state index is 0.0334. The Labute approximate surface area is 145 Å². The maximum Gasteiger partial charge on any atom is 0.270 e. The highest BCUT2D eigenvalue weighted by Gasteiger charge is 2.19. The minimum atomic E-state index is -3.85. The van der Waals surface area contributed by atoms with E-state index in [1.54, 1.807) is 0 Å². The van der Waals surface area contributed by atoms with Crippen LogP contribution in [-0.4, -0.2) is 63.1 Å². The molecule has 11 heteroatoms. The molecular formula is C14H21N5O5S. The smallest absolute Gasteiger partial charge is 0.270 e. The number of hydrogen-bond acceptors (Lipinski definition) is 6. The molecule has 1 unspecified atom stereocenters. The van der Waals surface area contributed by atoms with Crippen LogP contribution in [0, 0.1) is 10.1 Å². The van der Waals surface area contributed by atoms with E-state index in [-0.39, 0.29) is 29.8 Å². The van der Waals surface area contributed by atoms with Crippen LogP contribution in [0.4, 0.5) is 5.69 Å². The van der Waals surface area contributed by atoms with Crippen LogP contribution in [0.1, 0.15) is 6.92 Å². The van der Waals surface area contributed by atoms with E-state index in [2.05, 4.69) is 9.71 Å². The molecule has 0 bridgehead atoms. The number of guanidine groups is 1. The first-order valence-corrected chi connectivity index (χ1v) is 9.18. The normalized spacial score (nSPS) is 19.0. The zero-order valence-corrected chi connectivity index (χ0v) is 14.6. The molecule has 1 heterocycles. The van der Waals surface area contributed by atoms with Gasteiger partial charge in [-0.3, -0.25) is 15.1 Å². The largest absolute Gasteiger partial charge is 0.375 e. The van der Waals surface area contributed by atoms with E-state index in [0.29, 0.717) is 25.7 Å². The van der Waals surface area contributed by atoms with E-state index < -0.39 is 14.9 Å². The summed E-state index contributed by atoms with van der Waals surface area (Å²) in [5, 5.41) is 10.7. The third kappa shape index (κ3) is 5.37. The fourth-order valence-corrected chi connectivity index (χ4v) is 3.38. The van der Waals surface area contributed by atoms with E-state index >= 15 is 0 Å². The fraction of sp³-hybridized carbons (Fsp3) is 0.500. The lowest BCUT2D eigenvalue weighted by Crippen LogP contribution is -2.48. The van der Waals surface area contributed by atoms with Gasteiger partial charge in [0.15, 0.2) is 5.96 Å². The number of morpholine rings is 1. The number of benzene rings is 1. The molecule has 1 atom stereocenters. The zero-order valence-electron chi connectivity index (χ0n) is 13.8. The standard InChI is InChI=1S/C14H21N5O5S/c1-11-10-18(7-8-24-11)14(15)16-5-6-17-25(22,23)13-4-2-3-12(9-13)19(20)21/h2-4,9,11,17H,5-8,10H2,1H3,(H2,15,16). The molecule has 1 aliphatic heterocycles.